The zero-order valence-corrected chi connectivity index (χ0v) is 9.37. The molecule has 18 heavy (non-hydrogen) atoms. The van der Waals surface area contributed by atoms with Gasteiger partial charge in [-0.2, -0.15) is 0 Å². The van der Waals surface area contributed by atoms with Gasteiger partial charge in [0.05, 0.1) is 0 Å². The molecule has 96 valence electrons. The van der Waals surface area contributed by atoms with Gasteiger partial charge in [-0.05, 0) is 18.5 Å². The van der Waals surface area contributed by atoms with Crippen LogP contribution in [0.15, 0.2) is 0 Å². The Morgan fingerprint density at radius 3 is 1.67 bits per heavy atom. The van der Waals surface area contributed by atoms with Crippen LogP contribution in [-0.4, -0.2) is 14.8 Å². The van der Waals surface area contributed by atoms with Gasteiger partial charge in [-0.25, -0.2) is 22.0 Å². The highest BCUT2D eigenvalue weighted by atomic mass is 35.5. The third-order valence-corrected chi connectivity index (χ3v) is 2.44. The second-order valence-corrected chi connectivity index (χ2v) is 3.61. The molecule has 0 saturated carbocycles. The van der Waals surface area contributed by atoms with Gasteiger partial charge >= 0.3 is 0 Å². The van der Waals surface area contributed by atoms with Crippen molar-refractivity contribution in [3.8, 4) is 5.69 Å². The van der Waals surface area contributed by atoms with Crippen LogP contribution in [0, 0.1) is 36.0 Å². The molecule has 1 aromatic carbocycles. The second-order valence-electron chi connectivity index (χ2n) is 3.27. The van der Waals surface area contributed by atoms with Crippen molar-refractivity contribution >= 4 is 11.6 Å². The maximum atomic E-state index is 13.5. The van der Waals surface area contributed by atoms with Gasteiger partial charge in [0, 0.05) is 0 Å². The lowest BCUT2D eigenvalue weighted by atomic mass is 10.2. The summed E-state index contributed by atoms with van der Waals surface area (Å²) in [6.45, 7) is 1.25. The molecule has 1 heterocycles. The third kappa shape index (κ3) is 1.64. The van der Waals surface area contributed by atoms with E-state index in [1.807, 2.05) is 0 Å². The van der Waals surface area contributed by atoms with E-state index >= 15 is 0 Å². The lowest BCUT2D eigenvalue weighted by Crippen LogP contribution is -2.11. The zero-order chi connectivity index (χ0) is 13.6. The summed E-state index contributed by atoms with van der Waals surface area (Å²) >= 11 is 5.49. The first-order chi connectivity index (χ1) is 8.36. The first-order valence-corrected chi connectivity index (χ1v) is 4.83. The molecule has 0 fully saturated rings. The van der Waals surface area contributed by atoms with Gasteiger partial charge in [0.25, 0.3) is 0 Å². The van der Waals surface area contributed by atoms with Crippen molar-refractivity contribution < 1.29 is 22.0 Å². The predicted octanol–water partition coefficient (Wildman–Crippen LogP) is 2.92. The quantitative estimate of drug-likeness (QED) is 0.458. The van der Waals surface area contributed by atoms with Gasteiger partial charge in [0.15, 0.2) is 23.3 Å². The van der Waals surface area contributed by atoms with Crippen LogP contribution in [0.1, 0.15) is 5.82 Å². The smallest absolute Gasteiger partial charge is 0.229 e. The molecule has 0 aliphatic heterocycles. The molecule has 0 radical (unpaired) electrons. The molecule has 3 nitrogen and oxygen atoms in total. The van der Waals surface area contributed by atoms with Gasteiger partial charge in [0.1, 0.15) is 11.5 Å². The first-order valence-electron chi connectivity index (χ1n) is 4.45. The Labute approximate surface area is 102 Å². The van der Waals surface area contributed by atoms with Gasteiger partial charge in [-0.3, -0.25) is 4.57 Å². The minimum atomic E-state index is -2.24. The highest BCUT2D eigenvalue weighted by molar-refractivity contribution is 6.28. The SMILES string of the molecule is Cc1nnc(Cl)n1-c1c(F)c(F)c(F)c(F)c1F. The number of halogens is 6. The van der Waals surface area contributed by atoms with Crippen molar-refractivity contribution in [3.63, 3.8) is 0 Å². The maximum absolute atomic E-state index is 13.5. The Bertz CT molecular complexity index is 591. The molecule has 0 N–H and O–H groups in total. The predicted molar refractivity (Wildman–Crippen MR) is 50.9 cm³/mol. The molecule has 2 aromatic rings. The lowest BCUT2D eigenvalue weighted by Gasteiger charge is -2.10. The molecule has 2 rings (SSSR count). The van der Waals surface area contributed by atoms with E-state index in [0.29, 0.717) is 4.57 Å². The topological polar surface area (TPSA) is 30.7 Å². The Hall–Kier alpha value is -1.70. The minimum Gasteiger partial charge on any atom is -0.264 e. The average Bonchev–Trinajstić information content (AvgIpc) is 2.66. The van der Waals surface area contributed by atoms with Crippen LogP contribution in [0.5, 0.6) is 0 Å². The van der Waals surface area contributed by atoms with Crippen molar-refractivity contribution in [2.24, 2.45) is 0 Å². The second kappa shape index (κ2) is 4.20. The molecule has 0 atom stereocenters. The molecule has 0 unspecified atom stereocenters. The molecule has 9 heteroatoms. The van der Waals surface area contributed by atoms with Crippen LogP contribution in [-0.2, 0) is 0 Å². The molecular formula is C9H3ClF5N3. The van der Waals surface area contributed by atoms with Gasteiger partial charge in [-0.1, -0.05) is 0 Å². The molecular weight excluding hydrogens is 281 g/mol. The normalized spacial score (nSPS) is 11.1. The van der Waals surface area contributed by atoms with Crippen LogP contribution < -0.4 is 0 Å². The Morgan fingerprint density at radius 2 is 1.28 bits per heavy atom. The number of aryl methyl sites for hydroxylation is 1. The third-order valence-electron chi connectivity index (χ3n) is 2.20. The van der Waals surface area contributed by atoms with Gasteiger partial charge in [0.2, 0.25) is 11.1 Å². The van der Waals surface area contributed by atoms with E-state index in [-0.39, 0.29) is 5.82 Å². The molecule has 1 aromatic heterocycles. The maximum Gasteiger partial charge on any atom is 0.229 e. The number of hydrogen-bond acceptors (Lipinski definition) is 2. The highest BCUT2D eigenvalue weighted by Gasteiger charge is 2.28. The Balaban J connectivity index is 2.89. The first kappa shape index (κ1) is 12.7. The van der Waals surface area contributed by atoms with Crippen molar-refractivity contribution in [3.05, 3.63) is 40.2 Å². The van der Waals surface area contributed by atoms with E-state index < -0.39 is 40.1 Å². The molecule has 0 amide bonds. The summed E-state index contributed by atoms with van der Waals surface area (Å²) in [7, 11) is 0. The number of benzene rings is 1. The fraction of sp³-hybridized carbons (Fsp3) is 0.111. The summed E-state index contributed by atoms with van der Waals surface area (Å²) < 4.78 is 66.3. The van der Waals surface area contributed by atoms with Gasteiger partial charge < -0.3 is 0 Å². The van der Waals surface area contributed by atoms with Crippen LogP contribution in [0.4, 0.5) is 22.0 Å². The number of nitrogens with zero attached hydrogens (tertiary/aromatic N) is 3. The molecule has 0 aliphatic rings. The summed E-state index contributed by atoms with van der Waals surface area (Å²) in [4.78, 5) is 0. The van der Waals surface area contributed by atoms with E-state index in [9.17, 15) is 22.0 Å². The largest absolute Gasteiger partial charge is 0.264 e. The van der Waals surface area contributed by atoms with Gasteiger partial charge in [-0.15, -0.1) is 10.2 Å². The molecule has 0 spiro atoms. The van der Waals surface area contributed by atoms with Crippen LogP contribution in [0.2, 0.25) is 5.28 Å². The fourth-order valence-electron chi connectivity index (χ4n) is 1.38. The lowest BCUT2D eigenvalue weighted by molar-refractivity contribution is 0.375. The van der Waals surface area contributed by atoms with Crippen LogP contribution in [0.3, 0.4) is 0 Å². The standard InChI is InChI=1S/C9H3ClF5N3/c1-2-16-17-9(10)18(2)8-6(14)4(12)3(11)5(13)7(8)15/h1H3. The van der Waals surface area contributed by atoms with E-state index in [0.717, 1.165) is 0 Å². The molecule has 0 aliphatic carbocycles. The Morgan fingerprint density at radius 1 is 0.833 bits per heavy atom. The number of aromatic nitrogens is 3. The van der Waals surface area contributed by atoms with E-state index in [4.69, 9.17) is 11.6 Å². The summed E-state index contributed by atoms with van der Waals surface area (Å²) in [6, 6.07) is 0. The van der Waals surface area contributed by atoms with Crippen molar-refractivity contribution in [2.75, 3.05) is 0 Å². The van der Waals surface area contributed by atoms with E-state index in [1.54, 1.807) is 0 Å². The minimum absolute atomic E-state index is 0.122. The monoisotopic (exact) mass is 283 g/mol. The van der Waals surface area contributed by atoms with Crippen molar-refractivity contribution in [1.82, 2.24) is 14.8 Å². The van der Waals surface area contributed by atoms with Crippen LogP contribution in [0.25, 0.3) is 5.69 Å². The van der Waals surface area contributed by atoms with E-state index in [1.165, 1.54) is 6.92 Å². The fourth-order valence-corrected chi connectivity index (χ4v) is 1.62. The summed E-state index contributed by atoms with van der Waals surface area (Å²) in [6.07, 6.45) is 0. The van der Waals surface area contributed by atoms with Crippen LogP contribution >= 0.6 is 11.6 Å². The average molecular weight is 284 g/mol. The summed E-state index contributed by atoms with van der Waals surface area (Å²) in [5.41, 5.74) is -1.21. The van der Waals surface area contributed by atoms with Crippen molar-refractivity contribution in [1.29, 1.82) is 0 Å². The summed E-state index contributed by atoms with van der Waals surface area (Å²) in [5, 5.41) is 6.11. The van der Waals surface area contributed by atoms with Crippen molar-refractivity contribution in [2.45, 2.75) is 6.92 Å². The Kier molecular flexibility index (Phi) is 2.97. The summed E-state index contributed by atoms with van der Waals surface area (Å²) in [5.74, 6) is -10.5. The molecule has 0 saturated heterocycles. The molecule has 0 bridgehead atoms. The number of rotatable bonds is 1. The number of hydrogen-bond donors (Lipinski definition) is 0. The van der Waals surface area contributed by atoms with E-state index in [2.05, 4.69) is 10.2 Å². The highest BCUT2D eigenvalue weighted by Crippen LogP contribution is 2.28. The zero-order valence-electron chi connectivity index (χ0n) is 8.61.